The summed E-state index contributed by atoms with van der Waals surface area (Å²) in [6.45, 7) is 9.23. The van der Waals surface area contributed by atoms with E-state index in [9.17, 15) is 9.59 Å². The topological polar surface area (TPSA) is 72.4 Å². The van der Waals surface area contributed by atoms with Gasteiger partial charge in [0, 0.05) is 30.6 Å². The molecule has 1 aliphatic rings. The highest BCUT2D eigenvalue weighted by atomic mass is 32.1. The van der Waals surface area contributed by atoms with Crippen molar-refractivity contribution in [3.8, 4) is 0 Å². The van der Waals surface area contributed by atoms with Crippen LogP contribution in [0.15, 0.2) is 0 Å². The number of aryl methyl sites for hydroxylation is 3. The van der Waals surface area contributed by atoms with Crippen LogP contribution < -0.4 is 0 Å². The maximum absolute atomic E-state index is 13.1. The van der Waals surface area contributed by atoms with Gasteiger partial charge in [-0.15, -0.1) is 11.3 Å². The third-order valence-electron chi connectivity index (χ3n) is 4.86. The molecule has 1 amide bonds. The summed E-state index contributed by atoms with van der Waals surface area (Å²) in [5.41, 5.74) is 1.86. The second-order valence-electron chi connectivity index (χ2n) is 6.66. The number of fused-ring (bicyclic) bond motifs is 1. The molecule has 1 atom stereocenters. The number of amides is 1. The Balaban J connectivity index is 1.89. The Morgan fingerprint density at radius 2 is 2.04 bits per heavy atom. The molecule has 140 valence electrons. The first-order valence-electron chi connectivity index (χ1n) is 9.18. The van der Waals surface area contributed by atoms with Gasteiger partial charge < -0.3 is 9.64 Å². The Labute approximate surface area is 157 Å². The molecule has 0 bridgehead atoms. The number of ether oxygens (including phenoxy) is 1. The average Bonchev–Trinajstić information content (AvgIpc) is 2.98. The van der Waals surface area contributed by atoms with Crippen LogP contribution in [0.3, 0.4) is 0 Å². The molecule has 0 unspecified atom stereocenters. The predicted octanol–water partition coefficient (Wildman–Crippen LogP) is 3.29. The highest BCUT2D eigenvalue weighted by Crippen LogP contribution is 2.33. The van der Waals surface area contributed by atoms with E-state index in [0.717, 1.165) is 46.6 Å². The van der Waals surface area contributed by atoms with Crippen LogP contribution in [0.1, 0.15) is 53.4 Å². The number of thiophene rings is 1. The Bertz CT molecular complexity index is 846. The lowest BCUT2D eigenvalue weighted by molar-refractivity contribution is -0.149. The summed E-state index contributed by atoms with van der Waals surface area (Å²) in [4.78, 5) is 37.7. The average molecular weight is 375 g/mol. The van der Waals surface area contributed by atoms with Crippen LogP contribution in [0.4, 0.5) is 0 Å². The minimum Gasteiger partial charge on any atom is -0.466 e. The first-order chi connectivity index (χ1) is 12.5. The summed E-state index contributed by atoms with van der Waals surface area (Å²) >= 11 is 1.43. The van der Waals surface area contributed by atoms with Crippen molar-refractivity contribution in [2.24, 2.45) is 5.92 Å². The molecule has 26 heavy (non-hydrogen) atoms. The monoisotopic (exact) mass is 375 g/mol. The molecule has 3 rings (SSSR count). The molecule has 2 aromatic rings. The third kappa shape index (κ3) is 3.45. The highest BCUT2D eigenvalue weighted by molar-refractivity contribution is 7.20. The number of rotatable bonds is 4. The van der Waals surface area contributed by atoms with Crippen LogP contribution in [0.25, 0.3) is 10.2 Å². The Morgan fingerprint density at radius 3 is 2.73 bits per heavy atom. The van der Waals surface area contributed by atoms with Crippen molar-refractivity contribution in [2.75, 3.05) is 19.7 Å². The number of hydrogen-bond donors (Lipinski definition) is 0. The number of carbonyl (C=O) groups is 2. The fourth-order valence-electron chi connectivity index (χ4n) is 3.51. The maximum Gasteiger partial charge on any atom is 0.310 e. The zero-order valence-corrected chi connectivity index (χ0v) is 16.6. The lowest BCUT2D eigenvalue weighted by atomic mass is 9.98. The van der Waals surface area contributed by atoms with E-state index in [1.54, 1.807) is 11.8 Å². The number of esters is 1. The van der Waals surface area contributed by atoms with Gasteiger partial charge in [-0.1, -0.05) is 6.92 Å². The summed E-state index contributed by atoms with van der Waals surface area (Å²) in [6, 6.07) is 0. The van der Waals surface area contributed by atoms with Crippen LogP contribution in [0.2, 0.25) is 0 Å². The number of hydrogen-bond acceptors (Lipinski definition) is 6. The van der Waals surface area contributed by atoms with Gasteiger partial charge in [0.05, 0.1) is 17.4 Å². The molecule has 7 heteroatoms. The van der Waals surface area contributed by atoms with Crippen LogP contribution >= 0.6 is 11.3 Å². The molecule has 3 heterocycles. The van der Waals surface area contributed by atoms with Gasteiger partial charge in [0.2, 0.25) is 0 Å². The summed E-state index contributed by atoms with van der Waals surface area (Å²) in [5.74, 6) is 0.357. The standard InChI is InChI=1S/C19H25N3O3S/c1-5-14-20-12(4)15-11(3)16(26-17(15)21-14)18(23)22-9-7-8-13(10-22)19(24)25-6-2/h13H,5-10H2,1-4H3/t13-/m1/s1. The van der Waals surface area contributed by atoms with Crippen molar-refractivity contribution >= 4 is 33.4 Å². The van der Waals surface area contributed by atoms with Gasteiger partial charge in [-0.3, -0.25) is 9.59 Å². The van der Waals surface area contributed by atoms with E-state index < -0.39 is 0 Å². The summed E-state index contributed by atoms with van der Waals surface area (Å²) < 4.78 is 5.14. The number of piperidine rings is 1. The molecule has 0 spiro atoms. The van der Waals surface area contributed by atoms with Gasteiger partial charge in [0.15, 0.2) is 0 Å². The Kier molecular flexibility index (Phi) is 5.55. The first kappa shape index (κ1) is 18.8. The normalized spacial score (nSPS) is 17.5. The first-order valence-corrected chi connectivity index (χ1v) is 10.00. The fourth-order valence-corrected chi connectivity index (χ4v) is 4.73. The van der Waals surface area contributed by atoms with Gasteiger partial charge in [-0.05, 0) is 39.2 Å². The van der Waals surface area contributed by atoms with Gasteiger partial charge in [-0.2, -0.15) is 0 Å². The molecular formula is C19H25N3O3S. The minimum atomic E-state index is -0.226. The van der Waals surface area contributed by atoms with Crippen LogP contribution in [-0.4, -0.2) is 46.4 Å². The molecular weight excluding hydrogens is 350 g/mol. The molecule has 6 nitrogen and oxygen atoms in total. The molecule has 0 N–H and O–H groups in total. The quantitative estimate of drug-likeness (QED) is 0.767. The largest absolute Gasteiger partial charge is 0.466 e. The Hall–Kier alpha value is -2.02. The van der Waals surface area contributed by atoms with Crippen LogP contribution in [0.5, 0.6) is 0 Å². The Morgan fingerprint density at radius 1 is 1.27 bits per heavy atom. The molecule has 0 aliphatic carbocycles. The second-order valence-corrected chi connectivity index (χ2v) is 7.66. The number of likely N-dealkylation sites (tertiary alicyclic amines) is 1. The van der Waals surface area contributed by atoms with Crippen molar-refractivity contribution in [2.45, 2.75) is 47.0 Å². The predicted molar refractivity (Wildman–Crippen MR) is 102 cm³/mol. The summed E-state index contributed by atoms with van der Waals surface area (Å²) in [7, 11) is 0. The zero-order chi connectivity index (χ0) is 18.8. The van der Waals surface area contributed by atoms with E-state index in [4.69, 9.17) is 4.74 Å². The van der Waals surface area contributed by atoms with E-state index in [1.807, 2.05) is 20.8 Å². The van der Waals surface area contributed by atoms with Crippen molar-refractivity contribution in [3.63, 3.8) is 0 Å². The molecule has 1 aliphatic heterocycles. The summed E-state index contributed by atoms with van der Waals surface area (Å²) in [5, 5.41) is 0.981. The lowest BCUT2D eigenvalue weighted by Crippen LogP contribution is -2.42. The smallest absolute Gasteiger partial charge is 0.310 e. The highest BCUT2D eigenvalue weighted by Gasteiger charge is 2.31. The van der Waals surface area contributed by atoms with Crippen LogP contribution in [-0.2, 0) is 16.0 Å². The third-order valence-corrected chi connectivity index (χ3v) is 6.03. The van der Waals surface area contributed by atoms with Crippen molar-refractivity contribution in [1.29, 1.82) is 0 Å². The van der Waals surface area contributed by atoms with Gasteiger partial charge in [0.25, 0.3) is 5.91 Å². The number of aromatic nitrogens is 2. The lowest BCUT2D eigenvalue weighted by Gasteiger charge is -2.31. The van der Waals surface area contributed by atoms with E-state index in [0.29, 0.717) is 24.6 Å². The van der Waals surface area contributed by atoms with Crippen molar-refractivity contribution < 1.29 is 14.3 Å². The van der Waals surface area contributed by atoms with E-state index in [1.165, 1.54) is 11.3 Å². The van der Waals surface area contributed by atoms with E-state index in [2.05, 4.69) is 9.97 Å². The fraction of sp³-hybridized carbons (Fsp3) is 0.579. The molecule has 0 saturated carbocycles. The van der Waals surface area contributed by atoms with Crippen molar-refractivity contribution in [3.05, 3.63) is 22.0 Å². The summed E-state index contributed by atoms with van der Waals surface area (Å²) in [6.07, 6.45) is 2.36. The molecule has 0 aromatic carbocycles. The van der Waals surface area contributed by atoms with Gasteiger partial charge >= 0.3 is 5.97 Å². The minimum absolute atomic E-state index is 0.0167. The van der Waals surface area contributed by atoms with E-state index in [-0.39, 0.29) is 17.8 Å². The molecule has 1 saturated heterocycles. The van der Waals surface area contributed by atoms with E-state index >= 15 is 0 Å². The molecule has 1 fully saturated rings. The van der Waals surface area contributed by atoms with Gasteiger partial charge in [0.1, 0.15) is 10.7 Å². The van der Waals surface area contributed by atoms with Gasteiger partial charge in [-0.25, -0.2) is 9.97 Å². The number of carbonyl (C=O) groups excluding carboxylic acids is 2. The zero-order valence-electron chi connectivity index (χ0n) is 15.8. The molecule has 0 radical (unpaired) electrons. The second kappa shape index (κ2) is 7.70. The SMILES string of the molecule is CCOC(=O)[C@@H]1CCCN(C(=O)c2sc3nc(CC)nc(C)c3c2C)C1. The van der Waals surface area contributed by atoms with Crippen LogP contribution in [0, 0.1) is 19.8 Å². The number of nitrogens with zero attached hydrogens (tertiary/aromatic N) is 3. The van der Waals surface area contributed by atoms with Crippen molar-refractivity contribution in [1.82, 2.24) is 14.9 Å². The molecule has 2 aromatic heterocycles. The maximum atomic E-state index is 13.1.